The van der Waals surface area contributed by atoms with E-state index >= 15 is 0 Å². The summed E-state index contributed by atoms with van der Waals surface area (Å²) >= 11 is 0. The number of amides is 1. The fourth-order valence-corrected chi connectivity index (χ4v) is 3.17. The van der Waals surface area contributed by atoms with Crippen LogP contribution in [0.4, 0.5) is 5.69 Å². The lowest BCUT2D eigenvalue weighted by molar-refractivity contribution is 0.0728. The maximum Gasteiger partial charge on any atom is 0.272 e. The smallest absolute Gasteiger partial charge is 0.272 e. The first-order valence-electron chi connectivity index (χ1n) is 9.24. The van der Waals surface area contributed by atoms with Crippen LogP contribution in [0.15, 0.2) is 30.5 Å². The Hall–Kier alpha value is -2.76. The molecule has 2 heterocycles. The van der Waals surface area contributed by atoms with Crippen molar-refractivity contribution in [2.45, 2.75) is 26.8 Å². The predicted molar refractivity (Wildman–Crippen MR) is 106 cm³/mol. The molecule has 3 rings (SSSR count). The monoisotopic (exact) mass is 369 g/mol. The molecule has 0 radical (unpaired) electrons. The Morgan fingerprint density at radius 3 is 2.48 bits per heavy atom. The summed E-state index contributed by atoms with van der Waals surface area (Å²) in [6, 6.07) is 7.66. The first-order chi connectivity index (χ1) is 13.0. The number of carbonyl (C=O) groups is 1. The number of fused-ring (bicyclic) bond motifs is 1. The van der Waals surface area contributed by atoms with Gasteiger partial charge in [0.1, 0.15) is 5.69 Å². The minimum Gasteiger partial charge on any atom is -0.493 e. The Labute approximate surface area is 160 Å². The molecule has 0 bridgehead atoms. The molecule has 0 saturated heterocycles. The maximum absolute atomic E-state index is 12.9. The molecule has 0 saturated carbocycles. The fraction of sp³-hybridized carbons (Fsp3) is 0.429. The molecule has 0 unspecified atom stereocenters. The van der Waals surface area contributed by atoms with Crippen LogP contribution >= 0.6 is 0 Å². The summed E-state index contributed by atoms with van der Waals surface area (Å²) in [7, 11) is 3.25. The highest BCUT2D eigenvalue weighted by Crippen LogP contribution is 2.33. The highest BCUT2D eigenvalue weighted by atomic mass is 16.5. The third-order valence-corrected chi connectivity index (χ3v) is 4.70. The summed E-state index contributed by atoms with van der Waals surface area (Å²) in [5, 5.41) is 3.31. The van der Waals surface area contributed by atoms with Gasteiger partial charge in [0.25, 0.3) is 5.91 Å². The minimum absolute atomic E-state index is 0.0501. The molecule has 1 aliphatic heterocycles. The van der Waals surface area contributed by atoms with Crippen LogP contribution in [-0.2, 0) is 13.0 Å². The van der Waals surface area contributed by atoms with Crippen molar-refractivity contribution in [2.24, 2.45) is 5.92 Å². The van der Waals surface area contributed by atoms with Crippen molar-refractivity contribution in [1.29, 1.82) is 0 Å². The van der Waals surface area contributed by atoms with Crippen molar-refractivity contribution >= 4 is 11.6 Å². The largest absolute Gasteiger partial charge is 0.493 e. The van der Waals surface area contributed by atoms with Gasteiger partial charge in [-0.25, -0.2) is 4.98 Å². The van der Waals surface area contributed by atoms with E-state index < -0.39 is 0 Å². The first kappa shape index (κ1) is 19.0. The second-order valence-corrected chi connectivity index (χ2v) is 7.16. The molecule has 1 aromatic carbocycles. The van der Waals surface area contributed by atoms with Crippen LogP contribution in [-0.4, -0.2) is 43.1 Å². The number of pyridine rings is 1. The number of hydrogen-bond donors (Lipinski definition) is 1. The van der Waals surface area contributed by atoms with Crippen molar-refractivity contribution in [3.05, 3.63) is 47.3 Å². The zero-order valence-electron chi connectivity index (χ0n) is 16.4. The molecule has 144 valence electrons. The minimum atomic E-state index is -0.0501. The summed E-state index contributed by atoms with van der Waals surface area (Å²) in [5.74, 6) is 1.91. The maximum atomic E-state index is 12.9. The number of anilines is 1. The van der Waals surface area contributed by atoms with E-state index in [4.69, 9.17) is 9.47 Å². The second kappa shape index (κ2) is 8.29. The highest BCUT2D eigenvalue weighted by Gasteiger charge is 2.24. The molecular weight excluding hydrogens is 342 g/mol. The lowest BCUT2D eigenvalue weighted by Crippen LogP contribution is -2.36. The number of nitrogens with zero attached hydrogens (tertiary/aromatic N) is 2. The number of carbonyl (C=O) groups excluding carboxylic acids is 1. The molecular formula is C21H27N3O3. The van der Waals surface area contributed by atoms with Crippen LogP contribution in [0, 0.1) is 5.92 Å². The van der Waals surface area contributed by atoms with E-state index in [-0.39, 0.29) is 5.91 Å². The predicted octanol–water partition coefficient (Wildman–Crippen LogP) is 3.37. The Morgan fingerprint density at radius 2 is 1.89 bits per heavy atom. The van der Waals surface area contributed by atoms with E-state index in [9.17, 15) is 4.79 Å². The van der Waals surface area contributed by atoms with Crippen molar-refractivity contribution < 1.29 is 14.3 Å². The molecule has 2 aromatic rings. The lowest BCUT2D eigenvalue weighted by Gasteiger charge is -2.29. The van der Waals surface area contributed by atoms with Gasteiger partial charge in [0.05, 0.1) is 26.1 Å². The molecule has 0 aliphatic carbocycles. The number of ether oxygens (including phenoxy) is 2. The number of methoxy groups -OCH3 is 2. The highest BCUT2D eigenvalue weighted by molar-refractivity contribution is 5.92. The van der Waals surface area contributed by atoms with Gasteiger partial charge in [-0.2, -0.15) is 0 Å². The third kappa shape index (κ3) is 4.32. The Morgan fingerprint density at radius 1 is 1.19 bits per heavy atom. The van der Waals surface area contributed by atoms with Crippen LogP contribution in [0.3, 0.4) is 0 Å². The average Bonchev–Trinajstić information content (AvgIpc) is 2.70. The van der Waals surface area contributed by atoms with Crippen LogP contribution in [0.5, 0.6) is 11.5 Å². The van der Waals surface area contributed by atoms with E-state index in [1.54, 1.807) is 26.5 Å². The Balaban J connectivity index is 1.72. The standard InChI is InChI=1S/C21H27N3O3/c1-14(2)11-22-17-5-6-18(23-12-17)21(25)24-8-7-15-9-19(26-3)20(27-4)10-16(15)13-24/h5-6,9-10,12,14,22H,7-8,11,13H2,1-4H3. The summed E-state index contributed by atoms with van der Waals surface area (Å²) in [4.78, 5) is 19.0. The molecule has 0 fully saturated rings. The fourth-order valence-electron chi connectivity index (χ4n) is 3.17. The van der Waals surface area contributed by atoms with Crippen LogP contribution in [0.25, 0.3) is 0 Å². The molecule has 6 nitrogen and oxygen atoms in total. The van der Waals surface area contributed by atoms with Gasteiger partial charge in [0.15, 0.2) is 11.5 Å². The van der Waals surface area contributed by atoms with Crippen molar-refractivity contribution in [3.63, 3.8) is 0 Å². The van der Waals surface area contributed by atoms with Crippen LogP contribution < -0.4 is 14.8 Å². The van der Waals surface area contributed by atoms with Crippen molar-refractivity contribution in [1.82, 2.24) is 9.88 Å². The lowest BCUT2D eigenvalue weighted by atomic mass is 9.98. The van der Waals surface area contributed by atoms with Gasteiger partial charge in [-0.15, -0.1) is 0 Å². The van der Waals surface area contributed by atoms with Gasteiger partial charge >= 0.3 is 0 Å². The summed E-state index contributed by atoms with van der Waals surface area (Å²) in [6.07, 6.45) is 2.51. The SMILES string of the molecule is COc1cc2c(cc1OC)CN(C(=O)c1ccc(NCC(C)C)cn1)CC2. The average molecular weight is 369 g/mol. The number of benzene rings is 1. The van der Waals surface area contributed by atoms with Crippen LogP contribution in [0.2, 0.25) is 0 Å². The molecule has 6 heteroatoms. The van der Waals surface area contributed by atoms with Gasteiger partial charge in [0.2, 0.25) is 0 Å². The zero-order chi connectivity index (χ0) is 19.4. The summed E-state index contributed by atoms with van der Waals surface area (Å²) in [6.45, 7) is 6.39. The zero-order valence-corrected chi connectivity index (χ0v) is 16.4. The van der Waals surface area contributed by atoms with Crippen molar-refractivity contribution in [2.75, 3.05) is 32.6 Å². The Kier molecular flexibility index (Phi) is 5.84. The van der Waals surface area contributed by atoms with E-state index in [1.807, 2.05) is 23.1 Å². The van der Waals surface area contributed by atoms with Crippen molar-refractivity contribution in [3.8, 4) is 11.5 Å². The van der Waals surface area contributed by atoms with Gasteiger partial charge in [0, 0.05) is 19.6 Å². The molecule has 0 spiro atoms. The van der Waals surface area contributed by atoms with E-state index in [2.05, 4.69) is 24.1 Å². The number of hydrogen-bond acceptors (Lipinski definition) is 5. The second-order valence-electron chi connectivity index (χ2n) is 7.16. The quantitative estimate of drug-likeness (QED) is 0.846. The summed E-state index contributed by atoms with van der Waals surface area (Å²) in [5.41, 5.74) is 3.68. The molecule has 0 atom stereocenters. The molecule has 1 aromatic heterocycles. The normalized spacial score (nSPS) is 13.3. The molecule has 27 heavy (non-hydrogen) atoms. The Bertz CT molecular complexity index is 803. The number of nitrogens with one attached hydrogen (secondary N) is 1. The third-order valence-electron chi connectivity index (χ3n) is 4.70. The molecule has 1 aliphatic rings. The van der Waals surface area contributed by atoms with Gasteiger partial charge < -0.3 is 19.7 Å². The van der Waals surface area contributed by atoms with Gasteiger partial charge in [-0.05, 0) is 47.7 Å². The van der Waals surface area contributed by atoms with Gasteiger partial charge in [-0.1, -0.05) is 13.8 Å². The topological polar surface area (TPSA) is 63.7 Å². The first-order valence-corrected chi connectivity index (χ1v) is 9.24. The van der Waals surface area contributed by atoms with E-state index in [0.29, 0.717) is 30.5 Å². The van der Waals surface area contributed by atoms with Gasteiger partial charge in [-0.3, -0.25) is 4.79 Å². The molecule has 1 amide bonds. The summed E-state index contributed by atoms with van der Waals surface area (Å²) < 4.78 is 10.8. The van der Waals surface area contributed by atoms with E-state index in [1.165, 1.54) is 5.56 Å². The number of aromatic nitrogens is 1. The van der Waals surface area contributed by atoms with Crippen LogP contribution in [0.1, 0.15) is 35.5 Å². The molecule has 1 N–H and O–H groups in total. The number of rotatable bonds is 6. The van der Waals surface area contributed by atoms with E-state index in [0.717, 1.165) is 30.0 Å².